The number of aromatic carboxylic acids is 1. The SMILES string of the molecule is CC(C)N(C)S(=O)(=O)Nc1ccc(C(=O)O)cc1. The molecule has 0 aromatic heterocycles. The number of hydrogen-bond acceptors (Lipinski definition) is 3. The van der Waals surface area contributed by atoms with Crippen molar-refractivity contribution >= 4 is 21.9 Å². The molecule has 1 rings (SSSR count). The number of anilines is 1. The summed E-state index contributed by atoms with van der Waals surface area (Å²) in [6.45, 7) is 3.51. The standard InChI is InChI=1S/C11H16N2O4S/c1-8(2)13(3)18(16,17)12-10-6-4-9(5-7-10)11(14)15/h4-8,12H,1-3H3,(H,14,15). The molecule has 1 aromatic carbocycles. The molecule has 7 heteroatoms. The van der Waals surface area contributed by atoms with Gasteiger partial charge in [-0.05, 0) is 38.1 Å². The maximum atomic E-state index is 11.9. The van der Waals surface area contributed by atoms with Crippen LogP contribution in [0.3, 0.4) is 0 Å². The van der Waals surface area contributed by atoms with E-state index in [0.29, 0.717) is 5.69 Å². The van der Waals surface area contributed by atoms with Crippen LogP contribution < -0.4 is 4.72 Å². The molecule has 0 aliphatic heterocycles. The lowest BCUT2D eigenvalue weighted by Crippen LogP contribution is -2.37. The molecule has 0 atom stereocenters. The van der Waals surface area contributed by atoms with Crippen LogP contribution in [-0.2, 0) is 10.2 Å². The zero-order chi connectivity index (χ0) is 13.9. The first-order valence-corrected chi connectivity index (χ1v) is 6.77. The first-order chi connectivity index (χ1) is 8.24. The van der Waals surface area contributed by atoms with E-state index in [-0.39, 0.29) is 11.6 Å². The van der Waals surface area contributed by atoms with E-state index in [2.05, 4.69) is 4.72 Å². The van der Waals surface area contributed by atoms with E-state index in [1.54, 1.807) is 13.8 Å². The smallest absolute Gasteiger partial charge is 0.335 e. The molecule has 18 heavy (non-hydrogen) atoms. The molecule has 0 amide bonds. The fraction of sp³-hybridized carbons (Fsp3) is 0.364. The third-order valence-corrected chi connectivity index (χ3v) is 4.16. The number of benzene rings is 1. The number of hydrogen-bond donors (Lipinski definition) is 2. The van der Waals surface area contributed by atoms with Gasteiger partial charge in [0.15, 0.2) is 0 Å². The lowest BCUT2D eigenvalue weighted by atomic mass is 10.2. The summed E-state index contributed by atoms with van der Waals surface area (Å²) in [6.07, 6.45) is 0. The fourth-order valence-corrected chi connectivity index (χ4v) is 2.31. The summed E-state index contributed by atoms with van der Waals surface area (Å²) in [6, 6.07) is 5.34. The molecule has 0 spiro atoms. The van der Waals surface area contributed by atoms with E-state index >= 15 is 0 Å². The van der Waals surface area contributed by atoms with Gasteiger partial charge in [-0.25, -0.2) is 4.79 Å². The van der Waals surface area contributed by atoms with Crippen LogP contribution in [0.2, 0.25) is 0 Å². The maximum absolute atomic E-state index is 11.9. The molecule has 0 heterocycles. The van der Waals surface area contributed by atoms with Crippen molar-refractivity contribution in [2.75, 3.05) is 11.8 Å². The van der Waals surface area contributed by atoms with Crippen molar-refractivity contribution in [3.63, 3.8) is 0 Å². The summed E-state index contributed by atoms with van der Waals surface area (Å²) in [4.78, 5) is 10.6. The molecule has 2 N–H and O–H groups in total. The second kappa shape index (κ2) is 5.36. The Kier molecular flexibility index (Phi) is 4.31. The minimum atomic E-state index is -3.61. The summed E-state index contributed by atoms with van der Waals surface area (Å²) in [5, 5.41) is 8.72. The summed E-state index contributed by atoms with van der Waals surface area (Å²) in [5.41, 5.74) is 0.433. The van der Waals surface area contributed by atoms with Crippen molar-refractivity contribution in [1.29, 1.82) is 0 Å². The summed E-state index contributed by atoms with van der Waals surface area (Å²) in [7, 11) is -2.14. The molecule has 0 radical (unpaired) electrons. The summed E-state index contributed by atoms with van der Waals surface area (Å²) >= 11 is 0. The van der Waals surface area contributed by atoms with E-state index in [4.69, 9.17) is 5.11 Å². The van der Waals surface area contributed by atoms with Gasteiger partial charge in [-0.1, -0.05) is 0 Å². The highest BCUT2D eigenvalue weighted by atomic mass is 32.2. The van der Waals surface area contributed by atoms with Crippen LogP contribution in [0.5, 0.6) is 0 Å². The number of carbonyl (C=O) groups is 1. The average molecular weight is 272 g/mol. The van der Waals surface area contributed by atoms with Crippen LogP contribution in [-0.4, -0.2) is 36.9 Å². The monoisotopic (exact) mass is 272 g/mol. The third-order valence-electron chi connectivity index (χ3n) is 2.49. The molecule has 100 valence electrons. The third kappa shape index (κ3) is 3.44. The zero-order valence-corrected chi connectivity index (χ0v) is 11.2. The highest BCUT2D eigenvalue weighted by Crippen LogP contribution is 2.13. The van der Waals surface area contributed by atoms with Gasteiger partial charge < -0.3 is 5.11 Å². The lowest BCUT2D eigenvalue weighted by Gasteiger charge is -2.21. The Hall–Kier alpha value is -1.60. The molecule has 0 saturated heterocycles. The molecule has 0 aliphatic carbocycles. The zero-order valence-electron chi connectivity index (χ0n) is 10.4. The Labute approximate surface area is 106 Å². The van der Waals surface area contributed by atoms with Crippen LogP contribution in [0.1, 0.15) is 24.2 Å². The average Bonchev–Trinajstić information content (AvgIpc) is 2.28. The maximum Gasteiger partial charge on any atom is 0.335 e. The van der Waals surface area contributed by atoms with Gasteiger partial charge >= 0.3 is 16.2 Å². The van der Waals surface area contributed by atoms with Gasteiger partial charge in [0.2, 0.25) is 0 Å². The topological polar surface area (TPSA) is 86.7 Å². The molecule has 0 saturated carbocycles. The number of nitrogens with zero attached hydrogens (tertiary/aromatic N) is 1. The van der Waals surface area contributed by atoms with Gasteiger partial charge in [0.25, 0.3) is 0 Å². The van der Waals surface area contributed by atoms with Crippen molar-refractivity contribution in [1.82, 2.24) is 4.31 Å². The van der Waals surface area contributed by atoms with E-state index in [1.807, 2.05) is 0 Å². The normalized spacial score (nSPS) is 11.8. The molecular weight excluding hydrogens is 256 g/mol. The summed E-state index contributed by atoms with van der Waals surface area (Å²) < 4.78 is 27.3. The van der Waals surface area contributed by atoms with Crippen molar-refractivity contribution in [3.8, 4) is 0 Å². The molecule has 0 unspecified atom stereocenters. The van der Waals surface area contributed by atoms with Crippen LogP contribution >= 0.6 is 0 Å². The second-order valence-corrected chi connectivity index (χ2v) is 5.83. The van der Waals surface area contributed by atoms with Crippen LogP contribution in [0.25, 0.3) is 0 Å². The van der Waals surface area contributed by atoms with Gasteiger partial charge in [-0.3, -0.25) is 4.72 Å². The molecule has 6 nitrogen and oxygen atoms in total. The molecule has 1 aromatic rings. The van der Waals surface area contributed by atoms with Crippen molar-refractivity contribution < 1.29 is 18.3 Å². The Morgan fingerprint density at radius 1 is 1.28 bits per heavy atom. The largest absolute Gasteiger partial charge is 0.478 e. The number of nitrogens with one attached hydrogen (secondary N) is 1. The second-order valence-electron chi connectivity index (χ2n) is 4.10. The quantitative estimate of drug-likeness (QED) is 0.847. The first kappa shape index (κ1) is 14.5. The fourth-order valence-electron chi connectivity index (χ4n) is 1.18. The molecule has 0 aliphatic rings. The molecule has 0 fully saturated rings. The number of rotatable bonds is 5. The first-order valence-electron chi connectivity index (χ1n) is 5.33. The minimum absolute atomic E-state index is 0.107. The van der Waals surface area contributed by atoms with Crippen molar-refractivity contribution in [3.05, 3.63) is 29.8 Å². The van der Waals surface area contributed by atoms with Gasteiger partial charge in [-0.2, -0.15) is 12.7 Å². The summed E-state index contributed by atoms with van der Waals surface area (Å²) in [5.74, 6) is -1.05. The van der Waals surface area contributed by atoms with E-state index < -0.39 is 16.2 Å². The predicted octanol–water partition coefficient (Wildman–Crippen LogP) is 1.38. The minimum Gasteiger partial charge on any atom is -0.478 e. The van der Waals surface area contributed by atoms with Crippen LogP contribution in [0.4, 0.5) is 5.69 Å². The van der Waals surface area contributed by atoms with Gasteiger partial charge in [-0.15, -0.1) is 0 Å². The Bertz CT molecular complexity index is 522. The molecule has 0 bridgehead atoms. The Morgan fingerprint density at radius 2 is 1.78 bits per heavy atom. The van der Waals surface area contributed by atoms with Gasteiger partial charge in [0.1, 0.15) is 0 Å². The van der Waals surface area contributed by atoms with Gasteiger partial charge in [0, 0.05) is 18.8 Å². The van der Waals surface area contributed by atoms with E-state index in [9.17, 15) is 13.2 Å². The van der Waals surface area contributed by atoms with Crippen LogP contribution in [0.15, 0.2) is 24.3 Å². The van der Waals surface area contributed by atoms with Crippen molar-refractivity contribution in [2.24, 2.45) is 0 Å². The van der Waals surface area contributed by atoms with E-state index in [1.165, 1.54) is 35.6 Å². The number of carboxylic acid groups (broad SMARTS) is 1. The van der Waals surface area contributed by atoms with Gasteiger partial charge in [0.05, 0.1) is 5.56 Å². The molecular formula is C11H16N2O4S. The van der Waals surface area contributed by atoms with Crippen molar-refractivity contribution in [2.45, 2.75) is 19.9 Å². The lowest BCUT2D eigenvalue weighted by molar-refractivity contribution is 0.0697. The highest BCUT2D eigenvalue weighted by Gasteiger charge is 2.20. The van der Waals surface area contributed by atoms with Crippen LogP contribution in [0, 0.1) is 0 Å². The number of carboxylic acids is 1. The Balaban J connectivity index is 2.88. The highest BCUT2D eigenvalue weighted by molar-refractivity contribution is 7.90. The predicted molar refractivity (Wildman–Crippen MR) is 68.8 cm³/mol. The Morgan fingerprint density at radius 3 is 2.17 bits per heavy atom. The van der Waals surface area contributed by atoms with E-state index in [0.717, 1.165) is 0 Å².